The van der Waals surface area contributed by atoms with E-state index in [9.17, 15) is 0 Å². The van der Waals surface area contributed by atoms with Crippen molar-refractivity contribution < 1.29 is 4.74 Å². The van der Waals surface area contributed by atoms with Crippen molar-refractivity contribution in [2.24, 2.45) is 0 Å². The highest BCUT2D eigenvalue weighted by molar-refractivity contribution is 5.47. The van der Waals surface area contributed by atoms with Crippen LogP contribution in [0.1, 0.15) is 11.1 Å². The molecule has 0 radical (unpaired) electrons. The highest BCUT2D eigenvalue weighted by Gasteiger charge is 1.95. The third-order valence-electron chi connectivity index (χ3n) is 1.93. The molecule has 2 nitrogen and oxygen atoms in total. The summed E-state index contributed by atoms with van der Waals surface area (Å²) in [5.41, 5.74) is 8.97. The smallest absolute Gasteiger partial charge is 0.0502 e. The van der Waals surface area contributed by atoms with Gasteiger partial charge < -0.3 is 10.5 Å². The van der Waals surface area contributed by atoms with Crippen molar-refractivity contribution in [1.29, 1.82) is 0 Å². The minimum absolute atomic E-state index is 0.767. The molecule has 1 aromatic carbocycles. The van der Waals surface area contributed by atoms with Crippen LogP contribution in [0.25, 0.3) is 0 Å². The fraction of sp³-hybridized carbons (Fsp3) is 0.400. The molecule has 0 saturated carbocycles. The van der Waals surface area contributed by atoms with Gasteiger partial charge in [0.25, 0.3) is 0 Å². The Balaban J connectivity index is 2.69. The molecule has 0 aromatic heterocycles. The molecule has 0 aliphatic carbocycles. The maximum atomic E-state index is 5.69. The number of aryl methyl sites for hydroxylation is 1. The van der Waals surface area contributed by atoms with Gasteiger partial charge in [0.1, 0.15) is 0 Å². The van der Waals surface area contributed by atoms with Gasteiger partial charge in [-0.05, 0) is 30.5 Å². The van der Waals surface area contributed by atoms with E-state index < -0.39 is 0 Å². The van der Waals surface area contributed by atoms with Gasteiger partial charge in [-0.2, -0.15) is 0 Å². The Morgan fingerprint density at radius 1 is 1.42 bits per heavy atom. The van der Waals surface area contributed by atoms with Crippen molar-refractivity contribution in [2.75, 3.05) is 19.5 Å². The summed E-state index contributed by atoms with van der Waals surface area (Å²) in [6.45, 7) is 2.79. The van der Waals surface area contributed by atoms with E-state index in [0.29, 0.717) is 0 Å². The number of nitrogen functional groups attached to an aromatic ring is 1. The summed E-state index contributed by atoms with van der Waals surface area (Å²) in [7, 11) is 1.71. The average molecular weight is 165 g/mol. The number of nitrogens with two attached hydrogens (primary N) is 1. The molecule has 0 heterocycles. The quantitative estimate of drug-likeness (QED) is 0.693. The molecule has 0 spiro atoms. The SMILES string of the molecule is COCCc1ccc(N)c(C)c1. The minimum Gasteiger partial charge on any atom is -0.399 e. The topological polar surface area (TPSA) is 35.2 Å². The molecule has 1 rings (SSSR count). The lowest BCUT2D eigenvalue weighted by molar-refractivity contribution is 0.202. The fourth-order valence-electron chi connectivity index (χ4n) is 1.11. The normalized spacial score (nSPS) is 10.2. The summed E-state index contributed by atoms with van der Waals surface area (Å²) in [5, 5.41) is 0. The monoisotopic (exact) mass is 165 g/mol. The van der Waals surface area contributed by atoms with Gasteiger partial charge in [0.15, 0.2) is 0 Å². The van der Waals surface area contributed by atoms with Crippen LogP contribution in [0.2, 0.25) is 0 Å². The molecule has 2 N–H and O–H groups in total. The first kappa shape index (κ1) is 9.07. The second-order valence-corrected chi connectivity index (χ2v) is 2.93. The molecule has 0 aliphatic rings. The highest BCUT2D eigenvalue weighted by atomic mass is 16.5. The van der Waals surface area contributed by atoms with Crippen LogP contribution in [0.3, 0.4) is 0 Å². The first-order valence-corrected chi connectivity index (χ1v) is 4.08. The van der Waals surface area contributed by atoms with Crippen molar-refractivity contribution in [3.63, 3.8) is 0 Å². The Labute approximate surface area is 73.3 Å². The second kappa shape index (κ2) is 4.12. The molecule has 66 valence electrons. The van der Waals surface area contributed by atoms with Crippen molar-refractivity contribution in [3.05, 3.63) is 29.3 Å². The molecule has 2 heteroatoms. The van der Waals surface area contributed by atoms with Gasteiger partial charge >= 0.3 is 0 Å². The number of ether oxygens (including phenoxy) is 1. The molecule has 0 bridgehead atoms. The first-order chi connectivity index (χ1) is 5.74. The third-order valence-corrected chi connectivity index (χ3v) is 1.93. The molecule has 0 amide bonds. The van der Waals surface area contributed by atoms with E-state index in [4.69, 9.17) is 10.5 Å². The minimum atomic E-state index is 0.767. The molecular formula is C10H15NO. The number of rotatable bonds is 3. The van der Waals surface area contributed by atoms with Crippen molar-refractivity contribution in [1.82, 2.24) is 0 Å². The van der Waals surface area contributed by atoms with Crippen LogP contribution in [-0.4, -0.2) is 13.7 Å². The summed E-state index contributed by atoms with van der Waals surface area (Å²) in [6.07, 6.45) is 0.956. The Morgan fingerprint density at radius 2 is 2.17 bits per heavy atom. The Hall–Kier alpha value is -1.02. The Kier molecular flexibility index (Phi) is 3.11. The highest BCUT2D eigenvalue weighted by Crippen LogP contribution is 2.12. The third kappa shape index (κ3) is 2.24. The van der Waals surface area contributed by atoms with E-state index in [1.165, 1.54) is 5.56 Å². The van der Waals surface area contributed by atoms with Crippen molar-refractivity contribution in [2.45, 2.75) is 13.3 Å². The first-order valence-electron chi connectivity index (χ1n) is 4.08. The maximum Gasteiger partial charge on any atom is 0.0502 e. The van der Waals surface area contributed by atoms with Crippen LogP contribution >= 0.6 is 0 Å². The van der Waals surface area contributed by atoms with Crippen molar-refractivity contribution >= 4 is 5.69 Å². The van der Waals surface area contributed by atoms with E-state index in [-0.39, 0.29) is 0 Å². The van der Waals surface area contributed by atoms with Crippen LogP contribution in [0.5, 0.6) is 0 Å². The van der Waals surface area contributed by atoms with Gasteiger partial charge in [-0.25, -0.2) is 0 Å². The van der Waals surface area contributed by atoms with E-state index in [1.807, 2.05) is 19.1 Å². The largest absolute Gasteiger partial charge is 0.399 e. The molecule has 0 atom stereocenters. The zero-order valence-corrected chi connectivity index (χ0v) is 7.63. The van der Waals surface area contributed by atoms with Gasteiger partial charge in [-0.3, -0.25) is 0 Å². The lowest BCUT2D eigenvalue weighted by Crippen LogP contribution is -1.96. The van der Waals surface area contributed by atoms with E-state index in [0.717, 1.165) is 24.3 Å². The number of methoxy groups -OCH3 is 1. The molecule has 0 fully saturated rings. The van der Waals surface area contributed by atoms with Gasteiger partial charge in [-0.15, -0.1) is 0 Å². The number of hydrogen-bond donors (Lipinski definition) is 1. The van der Waals surface area contributed by atoms with Gasteiger partial charge in [0.05, 0.1) is 6.61 Å². The number of benzene rings is 1. The fourth-order valence-corrected chi connectivity index (χ4v) is 1.11. The van der Waals surface area contributed by atoms with Crippen LogP contribution in [0.15, 0.2) is 18.2 Å². The summed E-state index contributed by atoms with van der Waals surface area (Å²) in [4.78, 5) is 0. The molecule has 12 heavy (non-hydrogen) atoms. The zero-order chi connectivity index (χ0) is 8.97. The Bertz CT molecular complexity index is 258. The van der Waals surface area contributed by atoms with Gasteiger partial charge in [0.2, 0.25) is 0 Å². The predicted molar refractivity (Wildman–Crippen MR) is 51.2 cm³/mol. The lowest BCUT2D eigenvalue weighted by Gasteiger charge is -2.03. The van der Waals surface area contributed by atoms with Crippen LogP contribution in [0.4, 0.5) is 5.69 Å². The standard InChI is InChI=1S/C10H15NO/c1-8-7-9(5-6-12-2)3-4-10(8)11/h3-4,7H,5-6,11H2,1-2H3. The number of hydrogen-bond acceptors (Lipinski definition) is 2. The summed E-state index contributed by atoms with van der Waals surface area (Å²) in [6, 6.07) is 6.09. The Morgan fingerprint density at radius 3 is 2.75 bits per heavy atom. The maximum absolute atomic E-state index is 5.69. The summed E-state index contributed by atoms with van der Waals surface area (Å²) >= 11 is 0. The lowest BCUT2D eigenvalue weighted by atomic mass is 10.1. The average Bonchev–Trinajstić information content (AvgIpc) is 2.07. The van der Waals surface area contributed by atoms with Crippen molar-refractivity contribution in [3.8, 4) is 0 Å². The molecule has 0 aliphatic heterocycles. The van der Waals surface area contributed by atoms with E-state index in [1.54, 1.807) is 7.11 Å². The molecule has 0 unspecified atom stereocenters. The van der Waals surface area contributed by atoms with E-state index in [2.05, 4.69) is 6.07 Å². The van der Waals surface area contributed by atoms with Crippen LogP contribution < -0.4 is 5.73 Å². The van der Waals surface area contributed by atoms with Gasteiger partial charge in [-0.1, -0.05) is 12.1 Å². The van der Waals surface area contributed by atoms with Gasteiger partial charge in [0, 0.05) is 12.8 Å². The summed E-state index contributed by atoms with van der Waals surface area (Å²) < 4.78 is 4.98. The molecule has 0 saturated heterocycles. The van der Waals surface area contributed by atoms with Crippen LogP contribution in [-0.2, 0) is 11.2 Å². The second-order valence-electron chi connectivity index (χ2n) is 2.93. The predicted octanol–water partition coefficient (Wildman–Crippen LogP) is 1.77. The molecular weight excluding hydrogens is 150 g/mol. The zero-order valence-electron chi connectivity index (χ0n) is 7.63. The molecule has 1 aromatic rings. The number of anilines is 1. The van der Waals surface area contributed by atoms with Crippen LogP contribution in [0, 0.1) is 6.92 Å². The summed E-state index contributed by atoms with van der Waals surface area (Å²) in [5.74, 6) is 0. The van der Waals surface area contributed by atoms with E-state index >= 15 is 0 Å².